The Bertz CT molecular complexity index is 2460. The van der Waals surface area contributed by atoms with Gasteiger partial charge >= 0.3 is 5.97 Å². The maximum Gasteiger partial charge on any atom is 0.337 e. The third-order valence-corrected chi connectivity index (χ3v) is 12.6. The molecule has 6 rings (SSSR count). The molecule has 0 aliphatic rings. The monoisotopic (exact) mass is 809 g/mol. The molecular formula is C38H41F2N7O7S2. The van der Waals surface area contributed by atoms with E-state index in [9.17, 15) is 35.2 Å². The number of sulfonamides is 2. The number of carbonyl (C=O) groups is 2. The summed E-state index contributed by atoms with van der Waals surface area (Å²) in [6.45, 7) is 2.43. The molecule has 0 radical (unpaired) electrons. The lowest BCUT2D eigenvalue weighted by Gasteiger charge is -2.25. The molecule has 0 bridgehead atoms. The van der Waals surface area contributed by atoms with Crippen molar-refractivity contribution in [3.63, 3.8) is 0 Å². The topological polar surface area (TPSA) is 180 Å². The first kappa shape index (κ1) is 41.4. The van der Waals surface area contributed by atoms with Gasteiger partial charge in [0, 0.05) is 41.6 Å². The van der Waals surface area contributed by atoms with Crippen LogP contribution in [0.25, 0.3) is 21.8 Å². The fraction of sp³-hybridized carbons (Fsp3) is 0.263. The number of fused-ring (bicyclic) bond motifs is 2. The number of rotatable bonds is 13. The zero-order valence-corrected chi connectivity index (χ0v) is 32.9. The number of aryl methyl sites for hydroxylation is 2. The number of hydrogen-bond acceptors (Lipinski definition) is 10. The van der Waals surface area contributed by atoms with Crippen molar-refractivity contribution in [1.82, 2.24) is 19.6 Å². The standard InChI is InChI=1S/C19H21FN4O3S.C19H20FN3O4S/c1-3-28(26,27)24(18-6-4-5-17-15(18)11-22-23(17)2)12-14-8-7-13(9-16(14)20)19(25)10-21;1-4-28(25,26)23(18-7-5-6-17-15(18)11-21-22(17)2)12-14-9-8-13(10-16(14)20)19(24)27-3/h4-9,11H,3,10,12,21H2,1-2H3;5-11H,4,12H2,1-3H3. The van der Waals surface area contributed by atoms with Crippen LogP contribution in [-0.4, -0.2) is 73.3 Å². The molecule has 296 valence electrons. The van der Waals surface area contributed by atoms with E-state index in [-0.39, 0.29) is 59.2 Å². The molecule has 2 heterocycles. The van der Waals surface area contributed by atoms with Crippen molar-refractivity contribution in [2.45, 2.75) is 26.9 Å². The quantitative estimate of drug-likeness (QED) is 0.122. The van der Waals surface area contributed by atoms with E-state index in [2.05, 4.69) is 14.9 Å². The van der Waals surface area contributed by atoms with Crippen LogP contribution < -0.4 is 14.3 Å². The summed E-state index contributed by atoms with van der Waals surface area (Å²) in [6.07, 6.45) is 3.17. The lowest BCUT2D eigenvalue weighted by molar-refractivity contribution is 0.0600. The van der Waals surface area contributed by atoms with Crippen molar-refractivity contribution in [3.05, 3.63) is 119 Å². The number of ketones is 1. The Morgan fingerprint density at radius 2 is 1.14 bits per heavy atom. The fourth-order valence-corrected chi connectivity index (χ4v) is 8.15. The van der Waals surface area contributed by atoms with Gasteiger partial charge in [-0.1, -0.05) is 30.3 Å². The van der Waals surface area contributed by atoms with Crippen LogP contribution in [0.1, 0.15) is 45.7 Å². The molecule has 0 amide bonds. The molecule has 18 heteroatoms. The van der Waals surface area contributed by atoms with Crippen LogP contribution in [0.2, 0.25) is 0 Å². The van der Waals surface area contributed by atoms with Gasteiger partial charge in [-0.05, 0) is 56.3 Å². The van der Waals surface area contributed by atoms with E-state index in [4.69, 9.17) is 5.73 Å². The number of nitrogens with two attached hydrogens (primary N) is 1. The highest BCUT2D eigenvalue weighted by atomic mass is 32.2. The number of halogens is 2. The first-order chi connectivity index (χ1) is 26.6. The number of hydrogen-bond donors (Lipinski definition) is 1. The number of nitrogens with zero attached hydrogens (tertiary/aromatic N) is 6. The highest BCUT2D eigenvalue weighted by Crippen LogP contribution is 2.32. The summed E-state index contributed by atoms with van der Waals surface area (Å²) in [7, 11) is -2.67. The van der Waals surface area contributed by atoms with Crippen molar-refractivity contribution in [2.75, 3.05) is 33.8 Å². The Balaban J connectivity index is 0.000000214. The molecule has 0 aliphatic carbocycles. The Hall–Kier alpha value is -5.72. The zero-order valence-electron chi connectivity index (χ0n) is 31.3. The Morgan fingerprint density at radius 3 is 1.54 bits per heavy atom. The molecule has 0 unspecified atom stereocenters. The SMILES string of the molecule is CCS(=O)(=O)N(Cc1ccc(C(=O)CN)cc1F)c1cccc2c1cnn2C.CCS(=O)(=O)N(Cc1ccc(C(=O)OC)cc1F)c1cccc2c1cnn2C. The zero-order chi connectivity index (χ0) is 40.9. The van der Waals surface area contributed by atoms with E-state index in [0.717, 1.165) is 23.2 Å². The van der Waals surface area contributed by atoms with Crippen molar-refractivity contribution in [1.29, 1.82) is 0 Å². The van der Waals surface area contributed by atoms with Crippen molar-refractivity contribution in [3.8, 4) is 0 Å². The Morgan fingerprint density at radius 1 is 0.714 bits per heavy atom. The average molecular weight is 810 g/mol. The van der Waals surface area contributed by atoms with Gasteiger partial charge in [0.05, 0.1) is 78.6 Å². The van der Waals surface area contributed by atoms with Gasteiger partial charge in [0.2, 0.25) is 20.0 Å². The molecule has 2 aromatic heterocycles. The van der Waals surface area contributed by atoms with Crippen LogP contribution in [0.3, 0.4) is 0 Å². The minimum absolute atomic E-state index is 0.0583. The number of carbonyl (C=O) groups excluding carboxylic acids is 2. The summed E-state index contributed by atoms with van der Waals surface area (Å²) >= 11 is 0. The number of benzene rings is 4. The van der Waals surface area contributed by atoms with Gasteiger partial charge in [-0.15, -0.1) is 0 Å². The van der Waals surface area contributed by atoms with Gasteiger partial charge in [0.1, 0.15) is 11.6 Å². The third-order valence-electron chi connectivity index (χ3n) is 9.14. The lowest BCUT2D eigenvalue weighted by Crippen LogP contribution is -2.32. The molecule has 6 aromatic rings. The molecule has 0 atom stereocenters. The van der Waals surface area contributed by atoms with Crippen molar-refractivity contribution >= 4 is 65.0 Å². The highest BCUT2D eigenvalue weighted by Gasteiger charge is 2.27. The smallest absolute Gasteiger partial charge is 0.337 e. The Labute approximate surface area is 323 Å². The van der Waals surface area contributed by atoms with Gasteiger partial charge in [-0.3, -0.25) is 22.8 Å². The first-order valence-corrected chi connectivity index (χ1v) is 20.5. The van der Waals surface area contributed by atoms with Crippen LogP contribution in [0, 0.1) is 11.6 Å². The molecule has 4 aromatic carbocycles. The van der Waals surface area contributed by atoms with Gasteiger partial charge in [-0.2, -0.15) is 10.2 Å². The van der Waals surface area contributed by atoms with Gasteiger partial charge in [-0.25, -0.2) is 30.4 Å². The molecule has 0 saturated carbocycles. The number of aromatic nitrogens is 4. The van der Waals surface area contributed by atoms with Crippen LogP contribution in [0.4, 0.5) is 20.2 Å². The minimum atomic E-state index is -3.70. The number of ether oxygens (including phenoxy) is 1. The van der Waals surface area contributed by atoms with Gasteiger partial charge < -0.3 is 10.5 Å². The van der Waals surface area contributed by atoms with Crippen LogP contribution in [0.5, 0.6) is 0 Å². The number of anilines is 2. The second-order valence-electron chi connectivity index (χ2n) is 12.5. The number of esters is 1. The van der Waals surface area contributed by atoms with E-state index >= 15 is 0 Å². The molecule has 0 spiro atoms. The largest absolute Gasteiger partial charge is 0.465 e. The summed E-state index contributed by atoms with van der Waals surface area (Å²) in [5.74, 6) is -2.68. The molecule has 2 N–H and O–H groups in total. The third kappa shape index (κ3) is 8.56. The second kappa shape index (κ2) is 17.0. The van der Waals surface area contributed by atoms with Crippen LogP contribution in [0.15, 0.2) is 85.2 Å². The molecule has 0 fully saturated rings. The molecule has 56 heavy (non-hydrogen) atoms. The highest BCUT2D eigenvalue weighted by molar-refractivity contribution is 7.93. The van der Waals surface area contributed by atoms with Crippen LogP contribution in [-0.2, 0) is 52.0 Å². The lowest BCUT2D eigenvalue weighted by atomic mass is 10.1. The normalized spacial score (nSPS) is 11.6. The first-order valence-electron chi connectivity index (χ1n) is 17.3. The van der Waals surface area contributed by atoms with Gasteiger partial charge in [0.15, 0.2) is 5.78 Å². The van der Waals surface area contributed by atoms with Crippen LogP contribution >= 0.6 is 0 Å². The summed E-state index contributed by atoms with van der Waals surface area (Å²) < 4.78 is 90.6. The summed E-state index contributed by atoms with van der Waals surface area (Å²) in [5, 5.41) is 9.66. The van der Waals surface area contributed by atoms with Gasteiger partial charge in [0.25, 0.3) is 0 Å². The maximum atomic E-state index is 14.6. The average Bonchev–Trinajstić information content (AvgIpc) is 3.78. The van der Waals surface area contributed by atoms with E-state index in [1.54, 1.807) is 60.1 Å². The summed E-state index contributed by atoms with van der Waals surface area (Å²) in [6, 6.07) is 18.3. The minimum Gasteiger partial charge on any atom is -0.465 e. The molecule has 0 aliphatic heterocycles. The summed E-state index contributed by atoms with van der Waals surface area (Å²) in [4.78, 5) is 23.2. The number of Topliss-reactive ketones (excluding diaryl/α,β-unsaturated/α-hetero) is 1. The fourth-order valence-electron chi connectivity index (χ4n) is 5.93. The molecule has 14 nitrogen and oxygen atoms in total. The predicted octanol–water partition coefficient (Wildman–Crippen LogP) is 5.07. The van der Waals surface area contributed by atoms with Crippen molar-refractivity contribution < 1.29 is 39.9 Å². The van der Waals surface area contributed by atoms with E-state index < -0.39 is 37.7 Å². The maximum absolute atomic E-state index is 14.6. The predicted molar refractivity (Wildman–Crippen MR) is 210 cm³/mol. The molecule has 0 saturated heterocycles. The van der Waals surface area contributed by atoms with Crippen molar-refractivity contribution in [2.24, 2.45) is 19.8 Å². The number of methoxy groups -OCH3 is 1. The Kier molecular flexibility index (Phi) is 12.6. The van der Waals surface area contributed by atoms with E-state index in [1.807, 2.05) is 12.1 Å². The van der Waals surface area contributed by atoms with E-state index in [0.29, 0.717) is 22.1 Å². The second-order valence-corrected chi connectivity index (χ2v) is 16.9. The molecular weight excluding hydrogens is 769 g/mol. The van der Waals surface area contributed by atoms with E-state index in [1.165, 1.54) is 53.8 Å². The summed E-state index contributed by atoms with van der Waals surface area (Å²) in [5.41, 5.74) is 8.20.